The predicted octanol–water partition coefficient (Wildman–Crippen LogP) is 6.83. The number of amides is 2. The lowest BCUT2D eigenvalue weighted by atomic mass is 9.60. The van der Waals surface area contributed by atoms with Crippen LogP contribution in [-0.2, 0) is 22.6 Å². The minimum atomic E-state index is -0.240. The summed E-state index contributed by atoms with van der Waals surface area (Å²) in [5.41, 5.74) is 7.49. The lowest BCUT2D eigenvalue weighted by Crippen LogP contribution is -2.68. The van der Waals surface area contributed by atoms with Crippen molar-refractivity contribution in [1.82, 2.24) is 34.5 Å². The predicted molar refractivity (Wildman–Crippen MR) is 239 cm³/mol. The Labute approximate surface area is 356 Å². The monoisotopic (exact) mass is 820 g/mol. The first kappa shape index (κ1) is 39.3. The number of carbonyl (C=O) groups excluding carboxylic acids is 2. The van der Waals surface area contributed by atoms with Crippen LogP contribution in [0.5, 0.6) is 0 Å². The van der Waals surface area contributed by atoms with Gasteiger partial charge in [-0.1, -0.05) is 38.1 Å². The van der Waals surface area contributed by atoms with Gasteiger partial charge in [0.05, 0.1) is 12.5 Å². The minimum absolute atomic E-state index is 0.164. The van der Waals surface area contributed by atoms with Gasteiger partial charge in [0.1, 0.15) is 5.39 Å². The summed E-state index contributed by atoms with van der Waals surface area (Å²) >= 11 is 0. The van der Waals surface area contributed by atoms with E-state index in [1.807, 2.05) is 10.7 Å². The Hall–Kier alpha value is -5.82. The van der Waals surface area contributed by atoms with Crippen molar-refractivity contribution in [2.75, 3.05) is 47.8 Å². The van der Waals surface area contributed by atoms with Gasteiger partial charge < -0.3 is 15.1 Å². The number of hydrogen-bond acceptors (Lipinski definition) is 10. The molecular formula is C48H56N10O3. The fourth-order valence-corrected chi connectivity index (χ4v) is 11.1. The van der Waals surface area contributed by atoms with Crippen LogP contribution in [0.3, 0.4) is 0 Å². The van der Waals surface area contributed by atoms with Crippen molar-refractivity contribution in [3.05, 3.63) is 107 Å². The second-order valence-corrected chi connectivity index (χ2v) is 18.0. The van der Waals surface area contributed by atoms with Crippen LogP contribution in [0.1, 0.15) is 93.9 Å². The number of pyridine rings is 1. The molecule has 13 nitrogen and oxygen atoms in total. The summed E-state index contributed by atoms with van der Waals surface area (Å²) in [6, 6.07) is 22.3. The van der Waals surface area contributed by atoms with Gasteiger partial charge in [0.25, 0.3) is 5.56 Å². The average molecular weight is 821 g/mol. The van der Waals surface area contributed by atoms with Crippen LogP contribution in [0.25, 0.3) is 16.9 Å². The highest BCUT2D eigenvalue weighted by Gasteiger charge is 2.54. The molecule has 0 bridgehead atoms. The highest BCUT2D eigenvalue weighted by Crippen LogP contribution is 2.52. The maximum Gasteiger partial charge on any atom is 0.278 e. The van der Waals surface area contributed by atoms with E-state index in [1.54, 1.807) is 17.0 Å². The van der Waals surface area contributed by atoms with E-state index in [9.17, 15) is 14.4 Å². The Bertz CT molecular complexity index is 2520. The lowest BCUT2D eigenvalue weighted by molar-refractivity contribution is -0.134. The van der Waals surface area contributed by atoms with E-state index in [0.29, 0.717) is 65.6 Å². The van der Waals surface area contributed by atoms with Crippen LogP contribution < -0.4 is 26.0 Å². The van der Waals surface area contributed by atoms with Gasteiger partial charge >= 0.3 is 0 Å². The molecule has 2 amide bonds. The van der Waals surface area contributed by atoms with E-state index < -0.39 is 0 Å². The quantitative estimate of drug-likeness (QED) is 0.102. The Kier molecular flexibility index (Phi) is 10.2. The van der Waals surface area contributed by atoms with Crippen molar-refractivity contribution >= 4 is 45.9 Å². The molecule has 2 unspecified atom stereocenters. The molecule has 2 N–H and O–H groups in total. The molecule has 2 aromatic carbocycles. The van der Waals surface area contributed by atoms with Gasteiger partial charge in [-0.3, -0.25) is 24.6 Å². The van der Waals surface area contributed by atoms with Crippen molar-refractivity contribution in [3.63, 3.8) is 0 Å². The number of nitrogens with zero attached hydrogens (tertiary/aromatic N) is 8. The van der Waals surface area contributed by atoms with E-state index in [-0.39, 0.29) is 23.3 Å². The van der Waals surface area contributed by atoms with Crippen molar-refractivity contribution in [2.24, 2.45) is 5.41 Å². The molecule has 6 heterocycles. The van der Waals surface area contributed by atoms with Crippen molar-refractivity contribution < 1.29 is 9.59 Å². The first-order valence-corrected chi connectivity index (χ1v) is 22.4. The van der Waals surface area contributed by atoms with Gasteiger partial charge in [-0.15, -0.1) is 6.58 Å². The normalized spacial score (nSPS) is 21.4. The zero-order valence-corrected chi connectivity index (χ0v) is 35.4. The smallest absolute Gasteiger partial charge is 0.278 e. The van der Waals surface area contributed by atoms with Crippen molar-refractivity contribution in [2.45, 2.75) is 102 Å². The fraction of sp³-hybridized carbons (Fsp3) is 0.458. The summed E-state index contributed by atoms with van der Waals surface area (Å²) in [4.78, 5) is 59.8. The molecule has 2 aliphatic carbocycles. The molecule has 1 spiro atoms. The summed E-state index contributed by atoms with van der Waals surface area (Å²) in [7, 11) is 0. The van der Waals surface area contributed by atoms with Gasteiger partial charge in [-0.25, -0.2) is 19.3 Å². The maximum absolute atomic E-state index is 13.5. The molecule has 4 fully saturated rings. The number of rotatable bonds is 12. The summed E-state index contributed by atoms with van der Waals surface area (Å²) in [6.07, 6.45) is 12.3. The van der Waals surface area contributed by atoms with Crippen LogP contribution in [0.15, 0.2) is 84.3 Å². The molecule has 13 heteroatoms. The third-order valence-corrected chi connectivity index (χ3v) is 14.4. The Morgan fingerprint density at radius 1 is 0.869 bits per heavy atom. The van der Waals surface area contributed by atoms with Crippen LogP contribution in [-0.4, -0.2) is 85.8 Å². The standard InChI is InChI=1S/C48H56N10O3/c1-4-23-57-46(61)40-28-49-47(53-44(40)58(57)41-19-11-33-8-7-31(5-2)43(33)51-41)50-34-12-16-36(17-13-34)55-29-48(30-55)26-38(27-48)56(6-3)37-21-24-54(25-22-37)35-14-9-32(10-15-35)39-18-20-42(59)52-45(39)60/h4,9-17,19,28,31,37-39H,1,5-8,18,20-27,29-30H2,2-3H3,(H,49,50,53)(H,52,59,60). The molecule has 1 saturated carbocycles. The number of aryl methyl sites for hydroxylation is 1. The molecule has 0 radical (unpaired) electrons. The van der Waals surface area contributed by atoms with E-state index in [4.69, 9.17) is 9.97 Å². The van der Waals surface area contributed by atoms with Crippen LogP contribution in [0, 0.1) is 5.41 Å². The molecule has 2 atom stereocenters. The highest BCUT2D eigenvalue weighted by atomic mass is 16.2. The number of nitrogens with one attached hydrogen (secondary N) is 2. The number of benzene rings is 2. The number of piperidine rings is 2. The third kappa shape index (κ3) is 7.20. The third-order valence-electron chi connectivity index (χ3n) is 14.4. The maximum atomic E-state index is 13.5. The van der Waals surface area contributed by atoms with Crippen molar-refractivity contribution in [3.8, 4) is 5.82 Å². The number of allylic oxidation sites excluding steroid dienone is 1. The number of carbonyl (C=O) groups is 2. The summed E-state index contributed by atoms with van der Waals surface area (Å²) in [5, 5.41) is 6.31. The molecule has 61 heavy (non-hydrogen) atoms. The Morgan fingerprint density at radius 2 is 1.61 bits per heavy atom. The van der Waals surface area contributed by atoms with Gasteiger partial charge in [-0.05, 0) is 112 Å². The van der Waals surface area contributed by atoms with Crippen LogP contribution in [0.2, 0.25) is 0 Å². The largest absolute Gasteiger partial charge is 0.371 e. The summed E-state index contributed by atoms with van der Waals surface area (Å²) in [6.45, 7) is 14.1. The number of anilines is 4. The topological polar surface area (TPSA) is 134 Å². The Balaban J connectivity index is 0.737. The van der Waals surface area contributed by atoms with E-state index in [2.05, 4.69) is 105 Å². The molecule has 5 aliphatic rings. The van der Waals surface area contributed by atoms with E-state index in [0.717, 1.165) is 81.8 Å². The first-order chi connectivity index (χ1) is 29.7. The second kappa shape index (κ2) is 15.9. The number of imide groups is 1. The number of fused-ring (bicyclic) bond motifs is 2. The average Bonchev–Trinajstić information content (AvgIpc) is 3.79. The fourth-order valence-electron chi connectivity index (χ4n) is 11.1. The lowest BCUT2D eigenvalue weighted by Gasteiger charge is -2.62. The zero-order chi connectivity index (χ0) is 41.8. The number of hydrogen-bond donors (Lipinski definition) is 2. The molecule has 3 aromatic heterocycles. The van der Waals surface area contributed by atoms with Crippen molar-refractivity contribution in [1.29, 1.82) is 0 Å². The van der Waals surface area contributed by atoms with Crippen LogP contribution >= 0.6 is 0 Å². The molecule has 3 saturated heterocycles. The zero-order valence-electron chi connectivity index (χ0n) is 35.4. The summed E-state index contributed by atoms with van der Waals surface area (Å²) in [5.74, 6) is 0.946. The minimum Gasteiger partial charge on any atom is -0.371 e. The van der Waals surface area contributed by atoms with Gasteiger partial charge in [0, 0.05) is 85.0 Å². The molecule has 5 aromatic rings. The Morgan fingerprint density at radius 3 is 2.31 bits per heavy atom. The van der Waals surface area contributed by atoms with Gasteiger partial charge in [0.15, 0.2) is 11.5 Å². The van der Waals surface area contributed by atoms with Gasteiger partial charge in [0.2, 0.25) is 17.8 Å². The van der Waals surface area contributed by atoms with Crippen LogP contribution in [0.4, 0.5) is 23.0 Å². The molecule has 316 valence electrons. The second-order valence-electron chi connectivity index (χ2n) is 18.0. The first-order valence-electron chi connectivity index (χ1n) is 22.4. The molecule has 10 rings (SSSR count). The summed E-state index contributed by atoms with van der Waals surface area (Å²) < 4.78 is 3.46. The highest BCUT2D eigenvalue weighted by molar-refractivity contribution is 6.01. The number of aromatic nitrogens is 5. The molecule has 3 aliphatic heterocycles. The molecular weight excluding hydrogens is 765 g/mol. The van der Waals surface area contributed by atoms with E-state index in [1.165, 1.54) is 29.8 Å². The van der Waals surface area contributed by atoms with Gasteiger partial charge in [-0.2, -0.15) is 4.98 Å². The van der Waals surface area contributed by atoms with E-state index >= 15 is 0 Å². The SMILES string of the molecule is C=CCn1c(=O)c2cnc(Nc3ccc(N4CC5(CC(N(CC)C6CCN(c7ccc(C8CCC(=O)NC8=O)cc7)CC6)C5)C4)cc3)nc2n1-c1ccc2c(n1)C(CC)CC2.